The molecule has 1 aliphatic rings. The Morgan fingerprint density at radius 3 is 2.88 bits per heavy atom. The Balaban J connectivity index is 2.00. The van der Waals surface area contributed by atoms with Gasteiger partial charge in [-0.25, -0.2) is 0 Å². The Kier molecular flexibility index (Phi) is 5.95. The van der Waals surface area contributed by atoms with E-state index >= 15 is 0 Å². The summed E-state index contributed by atoms with van der Waals surface area (Å²) in [6, 6.07) is 0. The molecule has 0 bridgehead atoms. The van der Waals surface area contributed by atoms with E-state index in [-0.39, 0.29) is 5.91 Å². The number of nitrogens with one attached hydrogen (secondary N) is 1. The third-order valence-electron chi connectivity index (χ3n) is 2.82. The zero-order valence-corrected chi connectivity index (χ0v) is 10.2. The van der Waals surface area contributed by atoms with Crippen molar-refractivity contribution in [2.24, 2.45) is 5.92 Å². The van der Waals surface area contributed by atoms with Gasteiger partial charge in [-0.1, -0.05) is 0 Å². The molecule has 0 atom stereocenters. The molecule has 1 rings (SSSR count). The van der Waals surface area contributed by atoms with Gasteiger partial charge in [0.25, 0.3) is 0 Å². The van der Waals surface area contributed by atoms with Crippen molar-refractivity contribution in [3.8, 4) is 11.8 Å². The molecule has 0 unspecified atom stereocenters. The molecule has 0 radical (unpaired) electrons. The molecule has 0 spiro atoms. The second-order valence-corrected chi connectivity index (χ2v) is 4.15. The molecule has 16 heavy (non-hydrogen) atoms. The van der Waals surface area contributed by atoms with E-state index in [2.05, 4.69) is 17.2 Å². The molecule has 3 nitrogen and oxygen atoms in total. The number of carbonyl (C=O) groups excluding carboxylic acids is 1. The maximum absolute atomic E-state index is 11.5. The summed E-state index contributed by atoms with van der Waals surface area (Å²) >= 11 is 0. The highest BCUT2D eigenvalue weighted by Crippen LogP contribution is 2.32. The van der Waals surface area contributed by atoms with E-state index in [1.54, 1.807) is 0 Å². The summed E-state index contributed by atoms with van der Waals surface area (Å²) in [5.74, 6) is 6.40. The molecule has 90 valence electrons. The van der Waals surface area contributed by atoms with E-state index in [9.17, 15) is 4.79 Å². The highest BCUT2D eigenvalue weighted by atomic mass is 16.5. The van der Waals surface area contributed by atoms with Crippen LogP contribution < -0.4 is 5.32 Å². The van der Waals surface area contributed by atoms with Crippen LogP contribution in [-0.2, 0) is 9.53 Å². The Morgan fingerprint density at radius 1 is 1.50 bits per heavy atom. The van der Waals surface area contributed by atoms with Gasteiger partial charge in [-0.15, -0.1) is 11.8 Å². The van der Waals surface area contributed by atoms with Gasteiger partial charge in [0.15, 0.2) is 0 Å². The molecule has 1 saturated carbocycles. The minimum atomic E-state index is 0.151. The topological polar surface area (TPSA) is 38.3 Å². The lowest BCUT2D eigenvalue weighted by Crippen LogP contribution is -2.35. The van der Waals surface area contributed by atoms with Crippen molar-refractivity contribution in [2.75, 3.05) is 13.2 Å². The maximum atomic E-state index is 11.5. The summed E-state index contributed by atoms with van der Waals surface area (Å²) in [5, 5.41) is 2.88. The van der Waals surface area contributed by atoms with Gasteiger partial charge in [0.05, 0.1) is 6.10 Å². The summed E-state index contributed by atoms with van der Waals surface area (Å²) < 4.78 is 5.45. The average Bonchev–Trinajstić information content (AvgIpc) is 2.21. The van der Waals surface area contributed by atoms with Gasteiger partial charge in [-0.3, -0.25) is 4.79 Å². The average molecular weight is 223 g/mol. The smallest absolute Gasteiger partial charge is 0.220 e. The van der Waals surface area contributed by atoms with Crippen LogP contribution in [0.3, 0.4) is 0 Å². The van der Waals surface area contributed by atoms with E-state index in [0.717, 1.165) is 25.9 Å². The van der Waals surface area contributed by atoms with Crippen LogP contribution in [0, 0.1) is 17.8 Å². The fourth-order valence-corrected chi connectivity index (χ4v) is 1.94. The molecule has 1 fully saturated rings. The molecule has 0 heterocycles. The first kappa shape index (κ1) is 13.1. The Bertz CT molecular complexity index is 271. The van der Waals surface area contributed by atoms with Gasteiger partial charge < -0.3 is 10.1 Å². The number of amides is 1. The third kappa shape index (κ3) is 4.67. The molecule has 1 amide bonds. The lowest BCUT2D eigenvalue weighted by molar-refractivity contribution is -0.124. The van der Waals surface area contributed by atoms with Crippen LogP contribution in [0.2, 0.25) is 0 Å². The monoisotopic (exact) mass is 223 g/mol. The van der Waals surface area contributed by atoms with Crippen LogP contribution in [0.15, 0.2) is 0 Å². The first-order valence-electron chi connectivity index (χ1n) is 6.04. The van der Waals surface area contributed by atoms with Gasteiger partial charge >= 0.3 is 0 Å². The summed E-state index contributed by atoms with van der Waals surface area (Å²) in [4.78, 5) is 11.5. The van der Waals surface area contributed by atoms with E-state index in [0.29, 0.717) is 25.0 Å². The van der Waals surface area contributed by atoms with Crippen molar-refractivity contribution in [3.05, 3.63) is 0 Å². The zero-order valence-electron chi connectivity index (χ0n) is 10.2. The molecule has 0 aromatic rings. The standard InChI is InChI=1S/C13H21NO2/c1-3-5-6-7-14-13(15)10-11-8-12(9-11)16-4-2/h11-12H,4,6-10H2,1-2H3,(H,14,15). The van der Waals surface area contributed by atoms with Crippen LogP contribution in [0.25, 0.3) is 0 Å². The quantitative estimate of drug-likeness (QED) is 0.550. The molecular formula is C13H21NO2. The van der Waals surface area contributed by atoms with Gasteiger partial charge in [0, 0.05) is 26.0 Å². The maximum Gasteiger partial charge on any atom is 0.220 e. The summed E-state index contributed by atoms with van der Waals surface area (Å²) in [5.41, 5.74) is 0. The fourth-order valence-electron chi connectivity index (χ4n) is 1.94. The Hall–Kier alpha value is -1.01. The highest BCUT2D eigenvalue weighted by molar-refractivity contribution is 5.76. The summed E-state index contributed by atoms with van der Waals surface area (Å²) in [7, 11) is 0. The largest absolute Gasteiger partial charge is 0.378 e. The van der Waals surface area contributed by atoms with E-state index in [1.807, 2.05) is 13.8 Å². The predicted molar refractivity (Wildman–Crippen MR) is 63.8 cm³/mol. The first-order valence-corrected chi connectivity index (χ1v) is 6.04. The second-order valence-electron chi connectivity index (χ2n) is 4.15. The van der Waals surface area contributed by atoms with E-state index in [1.165, 1.54) is 0 Å². The van der Waals surface area contributed by atoms with Gasteiger partial charge in [-0.05, 0) is 32.6 Å². The molecule has 1 N–H and O–H groups in total. The number of hydrogen-bond acceptors (Lipinski definition) is 2. The molecule has 0 aliphatic heterocycles. The van der Waals surface area contributed by atoms with Crippen molar-refractivity contribution in [1.82, 2.24) is 5.32 Å². The summed E-state index contributed by atoms with van der Waals surface area (Å²) in [6.07, 6.45) is 3.86. The van der Waals surface area contributed by atoms with Crippen molar-refractivity contribution < 1.29 is 9.53 Å². The fraction of sp³-hybridized carbons (Fsp3) is 0.769. The van der Waals surface area contributed by atoms with Gasteiger partial charge in [0.2, 0.25) is 5.91 Å². The van der Waals surface area contributed by atoms with Crippen molar-refractivity contribution in [3.63, 3.8) is 0 Å². The lowest BCUT2D eigenvalue weighted by Gasteiger charge is -2.34. The van der Waals surface area contributed by atoms with Crippen LogP contribution in [0.4, 0.5) is 0 Å². The van der Waals surface area contributed by atoms with Crippen LogP contribution in [-0.4, -0.2) is 25.2 Å². The minimum Gasteiger partial charge on any atom is -0.378 e. The third-order valence-corrected chi connectivity index (χ3v) is 2.82. The molecule has 0 aromatic carbocycles. The molecule has 1 aliphatic carbocycles. The van der Waals surface area contributed by atoms with Crippen molar-refractivity contribution in [1.29, 1.82) is 0 Å². The van der Waals surface area contributed by atoms with Gasteiger partial charge in [0.1, 0.15) is 0 Å². The van der Waals surface area contributed by atoms with Crippen LogP contribution in [0.1, 0.15) is 39.5 Å². The number of hydrogen-bond donors (Lipinski definition) is 1. The lowest BCUT2D eigenvalue weighted by atomic mass is 9.80. The summed E-state index contributed by atoms with van der Waals surface area (Å²) in [6.45, 7) is 5.26. The Labute approximate surface area is 97.9 Å². The van der Waals surface area contributed by atoms with Crippen LogP contribution in [0.5, 0.6) is 0 Å². The number of rotatable bonds is 6. The SMILES string of the molecule is CC#CCCNC(=O)CC1CC(OCC)C1. The van der Waals surface area contributed by atoms with Crippen molar-refractivity contribution >= 4 is 5.91 Å². The highest BCUT2D eigenvalue weighted by Gasteiger charge is 2.30. The predicted octanol–water partition coefficient (Wildman–Crippen LogP) is 1.72. The molecule has 3 heteroatoms. The van der Waals surface area contributed by atoms with Gasteiger partial charge in [-0.2, -0.15) is 0 Å². The molecule has 0 saturated heterocycles. The Morgan fingerprint density at radius 2 is 2.25 bits per heavy atom. The minimum absolute atomic E-state index is 0.151. The molecule has 0 aromatic heterocycles. The zero-order chi connectivity index (χ0) is 11.8. The van der Waals surface area contributed by atoms with Crippen molar-refractivity contribution in [2.45, 2.75) is 45.6 Å². The van der Waals surface area contributed by atoms with E-state index < -0.39 is 0 Å². The number of ether oxygens (including phenoxy) is 1. The molecular weight excluding hydrogens is 202 g/mol. The number of carbonyl (C=O) groups is 1. The van der Waals surface area contributed by atoms with Crippen LogP contribution >= 0.6 is 0 Å². The first-order chi connectivity index (χ1) is 7.76. The second kappa shape index (κ2) is 7.29. The van der Waals surface area contributed by atoms with E-state index in [4.69, 9.17) is 4.74 Å². The normalized spacial score (nSPS) is 22.9.